The van der Waals surface area contributed by atoms with Crippen LogP contribution in [-0.4, -0.2) is 28.4 Å². The summed E-state index contributed by atoms with van der Waals surface area (Å²) in [5.74, 6) is -0.416. The topological polar surface area (TPSA) is 89.0 Å². The number of aryl methyl sites for hydroxylation is 1. The van der Waals surface area contributed by atoms with E-state index in [1.165, 1.54) is 16.2 Å². The van der Waals surface area contributed by atoms with Crippen LogP contribution >= 0.6 is 11.3 Å². The predicted octanol–water partition coefficient (Wildman–Crippen LogP) is 7.23. The first-order valence-electron chi connectivity index (χ1n) is 13.7. The maximum Gasteiger partial charge on any atom is 0.301 e. The minimum absolute atomic E-state index is 0.00962. The summed E-state index contributed by atoms with van der Waals surface area (Å²) in [7, 11) is 0. The molecule has 0 bridgehead atoms. The molecule has 1 amide bonds. The van der Waals surface area contributed by atoms with Crippen molar-refractivity contribution in [2.24, 2.45) is 0 Å². The number of thiazole rings is 1. The number of benzene rings is 3. The zero-order valence-corrected chi connectivity index (χ0v) is 23.9. The van der Waals surface area contributed by atoms with Crippen LogP contribution in [0.3, 0.4) is 0 Å². The van der Waals surface area contributed by atoms with Gasteiger partial charge in [-0.15, -0.1) is 11.3 Å². The van der Waals surface area contributed by atoms with Crippen molar-refractivity contribution in [1.29, 1.82) is 0 Å². The lowest BCUT2D eigenvalue weighted by Gasteiger charge is -2.23. The van der Waals surface area contributed by atoms with E-state index in [1.54, 1.807) is 35.8 Å². The summed E-state index contributed by atoms with van der Waals surface area (Å²) in [4.78, 5) is 32.3. The Bertz CT molecular complexity index is 1530. The zero-order chi connectivity index (χ0) is 28.8. The number of carbonyl (C=O) groups is 2. The number of hydrogen-bond acceptors (Lipinski definition) is 7. The van der Waals surface area contributed by atoms with Gasteiger partial charge in [-0.3, -0.25) is 14.5 Å². The van der Waals surface area contributed by atoms with E-state index >= 15 is 0 Å². The molecule has 7 nitrogen and oxygen atoms in total. The highest BCUT2D eigenvalue weighted by molar-refractivity contribution is 7.14. The fourth-order valence-corrected chi connectivity index (χ4v) is 5.43. The summed E-state index contributed by atoms with van der Waals surface area (Å²) in [6.07, 6.45) is 4.76. The molecule has 1 N–H and O–H groups in total. The number of aliphatic hydroxyl groups is 1. The summed E-state index contributed by atoms with van der Waals surface area (Å²) < 4.78 is 11.8. The number of ketones is 1. The number of amides is 1. The molecular formula is C33H32N2O5S. The van der Waals surface area contributed by atoms with E-state index in [-0.39, 0.29) is 11.3 Å². The van der Waals surface area contributed by atoms with Crippen LogP contribution in [0.4, 0.5) is 5.13 Å². The number of unbranched alkanes of at least 4 members (excludes halogenated alkanes) is 2. The van der Waals surface area contributed by atoms with Crippen LogP contribution in [0.2, 0.25) is 0 Å². The monoisotopic (exact) mass is 568 g/mol. The molecule has 4 aromatic rings. The maximum absolute atomic E-state index is 13.4. The molecule has 1 atom stereocenters. The molecule has 1 unspecified atom stereocenters. The van der Waals surface area contributed by atoms with Gasteiger partial charge in [-0.05, 0) is 66.4 Å². The predicted molar refractivity (Wildman–Crippen MR) is 160 cm³/mol. The Morgan fingerprint density at radius 1 is 0.951 bits per heavy atom. The third kappa shape index (κ3) is 6.18. The van der Waals surface area contributed by atoms with Gasteiger partial charge in [0.1, 0.15) is 23.9 Å². The van der Waals surface area contributed by atoms with E-state index in [1.807, 2.05) is 55.5 Å². The smallest absolute Gasteiger partial charge is 0.301 e. The van der Waals surface area contributed by atoms with Crippen molar-refractivity contribution in [2.75, 3.05) is 11.5 Å². The molecule has 0 spiro atoms. The largest absolute Gasteiger partial charge is 0.507 e. The second kappa shape index (κ2) is 12.8. The number of Topliss-reactive ketones (excluding diaryl/α,β-unsaturated/α-hetero) is 1. The Labute approximate surface area is 243 Å². The van der Waals surface area contributed by atoms with Gasteiger partial charge < -0.3 is 14.6 Å². The molecule has 1 aliphatic heterocycles. The Balaban J connectivity index is 1.44. The van der Waals surface area contributed by atoms with E-state index in [9.17, 15) is 14.7 Å². The van der Waals surface area contributed by atoms with Crippen LogP contribution in [0.25, 0.3) is 5.76 Å². The van der Waals surface area contributed by atoms with Crippen molar-refractivity contribution in [3.8, 4) is 11.5 Å². The fourth-order valence-electron chi connectivity index (χ4n) is 4.77. The van der Waals surface area contributed by atoms with Crippen LogP contribution < -0.4 is 14.4 Å². The average Bonchev–Trinajstić information content (AvgIpc) is 3.61. The molecule has 41 heavy (non-hydrogen) atoms. The second-order valence-corrected chi connectivity index (χ2v) is 10.7. The average molecular weight is 569 g/mol. The molecule has 2 heterocycles. The molecule has 210 valence electrons. The van der Waals surface area contributed by atoms with Crippen LogP contribution in [-0.2, 0) is 16.2 Å². The normalized spacial score (nSPS) is 16.2. The van der Waals surface area contributed by atoms with E-state index in [0.717, 1.165) is 30.4 Å². The third-order valence-corrected chi connectivity index (χ3v) is 7.84. The summed E-state index contributed by atoms with van der Waals surface area (Å²) >= 11 is 1.26. The third-order valence-electron chi connectivity index (χ3n) is 7.07. The standard InChI is InChI=1S/C33H32N2O5S/c1-3-4-7-19-39-26-14-10-23(11-15-26)29-28(31(37)32(38)35(29)33-34-18-20-41-33)30(36)24-12-16-27(17-13-24)40-21-25-9-6-5-8-22(25)2/h5-6,8-18,20,29,36H,3-4,7,19,21H2,1-2H3. The fraction of sp³-hybridized carbons (Fsp3) is 0.242. The lowest BCUT2D eigenvalue weighted by Crippen LogP contribution is -2.29. The molecule has 3 aromatic carbocycles. The Morgan fingerprint density at radius 3 is 2.34 bits per heavy atom. The minimum atomic E-state index is -0.840. The first-order chi connectivity index (χ1) is 20.0. The lowest BCUT2D eigenvalue weighted by molar-refractivity contribution is -0.132. The number of hydrogen-bond donors (Lipinski definition) is 1. The van der Waals surface area contributed by atoms with Gasteiger partial charge in [-0.1, -0.05) is 56.2 Å². The zero-order valence-electron chi connectivity index (χ0n) is 23.1. The molecule has 1 aromatic heterocycles. The van der Waals surface area contributed by atoms with Crippen molar-refractivity contribution in [3.63, 3.8) is 0 Å². The summed E-state index contributed by atoms with van der Waals surface area (Å²) in [5.41, 5.74) is 3.31. The quantitative estimate of drug-likeness (QED) is 0.0889. The SMILES string of the molecule is CCCCCOc1ccc(C2C(=C(O)c3ccc(OCc4ccccc4C)cc3)C(=O)C(=O)N2c2nccs2)cc1. The number of carbonyl (C=O) groups excluding carboxylic acids is 2. The Kier molecular flexibility index (Phi) is 8.79. The summed E-state index contributed by atoms with van der Waals surface area (Å²) in [6.45, 7) is 5.21. The number of aliphatic hydroxyl groups excluding tert-OH is 1. The molecular weight excluding hydrogens is 536 g/mol. The van der Waals surface area contributed by atoms with Crippen molar-refractivity contribution in [2.45, 2.75) is 45.8 Å². The number of nitrogens with zero attached hydrogens (tertiary/aromatic N) is 2. The molecule has 1 aliphatic rings. The number of aromatic nitrogens is 1. The van der Waals surface area contributed by atoms with Gasteiger partial charge in [0.05, 0.1) is 18.2 Å². The van der Waals surface area contributed by atoms with Crippen molar-refractivity contribution in [3.05, 3.63) is 112 Å². The van der Waals surface area contributed by atoms with Gasteiger partial charge in [-0.2, -0.15) is 0 Å². The summed E-state index contributed by atoms with van der Waals surface area (Å²) in [6, 6.07) is 21.3. The summed E-state index contributed by atoms with van der Waals surface area (Å²) in [5, 5.41) is 13.5. The highest BCUT2D eigenvalue weighted by Crippen LogP contribution is 2.43. The van der Waals surface area contributed by atoms with Gasteiger partial charge in [-0.25, -0.2) is 4.98 Å². The van der Waals surface area contributed by atoms with Gasteiger partial charge in [0.25, 0.3) is 5.78 Å². The van der Waals surface area contributed by atoms with Gasteiger partial charge in [0.15, 0.2) is 5.13 Å². The van der Waals surface area contributed by atoms with E-state index in [4.69, 9.17) is 9.47 Å². The van der Waals surface area contributed by atoms with Crippen LogP contribution in [0.5, 0.6) is 11.5 Å². The number of ether oxygens (including phenoxy) is 2. The minimum Gasteiger partial charge on any atom is -0.507 e. The second-order valence-electron chi connectivity index (χ2n) is 9.85. The Morgan fingerprint density at radius 2 is 1.66 bits per heavy atom. The van der Waals surface area contributed by atoms with Crippen molar-refractivity contribution < 1.29 is 24.2 Å². The molecule has 0 aliphatic carbocycles. The molecule has 0 saturated carbocycles. The van der Waals surface area contributed by atoms with Crippen molar-refractivity contribution in [1.82, 2.24) is 4.98 Å². The van der Waals surface area contributed by atoms with E-state index in [0.29, 0.717) is 41.0 Å². The number of anilines is 1. The van der Waals surface area contributed by atoms with Crippen LogP contribution in [0.1, 0.15) is 54.5 Å². The first-order valence-corrected chi connectivity index (χ1v) is 14.6. The van der Waals surface area contributed by atoms with Crippen LogP contribution in [0, 0.1) is 6.92 Å². The highest BCUT2D eigenvalue weighted by atomic mass is 32.1. The van der Waals surface area contributed by atoms with Crippen molar-refractivity contribution >= 4 is 33.9 Å². The van der Waals surface area contributed by atoms with Gasteiger partial charge in [0, 0.05) is 17.1 Å². The molecule has 1 saturated heterocycles. The first kappa shape index (κ1) is 28.1. The Hall–Kier alpha value is -4.43. The molecule has 5 rings (SSSR count). The molecule has 0 radical (unpaired) electrons. The molecule has 8 heteroatoms. The van der Waals surface area contributed by atoms with E-state index in [2.05, 4.69) is 11.9 Å². The van der Waals surface area contributed by atoms with Crippen LogP contribution in [0.15, 0.2) is 89.9 Å². The highest BCUT2D eigenvalue weighted by Gasteiger charge is 2.48. The lowest BCUT2D eigenvalue weighted by atomic mass is 9.95. The number of rotatable bonds is 11. The maximum atomic E-state index is 13.4. The van der Waals surface area contributed by atoms with Gasteiger partial charge in [0.2, 0.25) is 0 Å². The molecule has 1 fully saturated rings. The van der Waals surface area contributed by atoms with Gasteiger partial charge >= 0.3 is 5.91 Å². The van der Waals surface area contributed by atoms with E-state index < -0.39 is 17.7 Å².